The highest BCUT2D eigenvalue weighted by Crippen LogP contribution is 2.21. The summed E-state index contributed by atoms with van der Waals surface area (Å²) in [6.45, 7) is 6.69. The number of ether oxygens (including phenoxy) is 2. The van der Waals surface area contributed by atoms with Gasteiger partial charge in [-0.2, -0.15) is 11.8 Å². The van der Waals surface area contributed by atoms with Gasteiger partial charge in [0.1, 0.15) is 5.75 Å². The number of rotatable bonds is 8. The van der Waals surface area contributed by atoms with Crippen molar-refractivity contribution >= 4 is 41.7 Å². The molecule has 7 heteroatoms. The van der Waals surface area contributed by atoms with Gasteiger partial charge < -0.3 is 19.7 Å². The van der Waals surface area contributed by atoms with Gasteiger partial charge in [-0.3, -0.25) is 4.99 Å². The van der Waals surface area contributed by atoms with E-state index in [1.165, 1.54) is 17.7 Å². The Balaban J connectivity index is 0.00000338. The average molecular weight is 493 g/mol. The van der Waals surface area contributed by atoms with Crippen LogP contribution >= 0.6 is 35.7 Å². The van der Waals surface area contributed by atoms with Gasteiger partial charge in [-0.05, 0) is 30.5 Å². The Labute approximate surface area is 179 Å². The summed E-state index contributed by atoms with van der Waals surface area (Å²) in [5.41, 5.74) is 1.17. The fraction of sp³-hybridized carbons (Fsp3) is 0.632. The maximum Gasteiger partial charge on any atom is 0.193 e. The molecule has 5 nitrogen and oxygen atoms in total. The van der Waals surface area contributed by atoms with E-state index in [2.05, 4.69) is 33.9 Å². The minimum Gasteiger partial charge on any atom is -0.497 e. The zero-order chi connectivity index (χ0) is 17.9. The van der Waals surface area contributed by atoms with E-state index >= 15 is 0 Å². The number of methoxy groups -OCH3 is 1. The molecule has 1 aliphatic rings. The van der Waals surface area contributed by atoms with Crippen molar-refractivity contribution in [2.24, 2.45) is 4.99 Å². The fourth-order valence-electron chi connectivity index (χ4n) is 2.78. The number of halogens is 1. The van der Waals surface area contributed by atoms with Crippen molar-refractivity contribution in [3.63, 3.8) is 0 Å². The lowest BCUT2D eigenvalue weighted by molar-refractivity contribution is 0.119. The van der Waals surface area contributed by atoms with Crippen molar-refractivity contribution in [2.75, 3.05) is 46.2 Å². The van der Waals surface area contributed by atoms with Crippen LogP contribution in [-0.2, 0) is 11.3 Å². The van der Waals surface area contributed by atoms with Crippen LogP contribution in [0.3, 0.4) is 0 Å². The molecule has 1 heterocycles. The van der Waals surface area contributed by atoms with E-state index in [9.17, 15) is 0 Å². The van der Waals surface area contributed by atoms with Crippen LogP contribution in [0.1, 0.15) is 25.3 Å². The Morgan fingerprint density at radius 3 is 2.77 bits per heavy atom. The minimum atomic E-state index is 0. The van der Waals surface area contributed by atoms with Gasteiger partial charge in [0, 0.05) is 44.3 Å². The molecular formula is C19H32IN3O2S. The van der Waals surface area contributed by atoms with Gasteiger partial charge in [-0.15, -0.1) is 24.0 Å². The van der Waals surface area contributed by atoms with Gasteiger partial charge in [0.15, 0.2) is 5.96 Å². The average Bonchev–Trinajstić information content (AvgIpc) is 2.68. The summed E-state index contributed by atoms with van der Waals surface area (Å²) < 4.78 is 10.9. The summed E-state index contributed by atoms with van der Waals surface area (Å²) in [6, 6.07) is 8.00. The van der Waals surface area contributed by atoms with Crippen LogP contribution in [0.15, 0.2) is 29.3 Å². The molecule has 26 heavy (non-hydrogen) atoms. The Bertz CT molecular complexity index is 528. The topological polar surface area (TPSA) is 46.1 Å². The van der Waals surface area contributed by atoms with Crippen LogP contribution in [0.4, 0.5) is 0 Å². The summed E-state index contributed by atoms with van der Waals surface area (Å²) in [4.78, 5) is 6.81. The lowest BCUT2D eigenvalue weighted by atomic mass is 10.2. The van der Waals surface area contributed by atoms with E-state index in [1.54, 1.807) is 7.11 Å². The molecular weight excluding hydrogens is 461 g/mol. The molecule has 2 rings (SSSR count). The first-order valence-corrected chi connectivity index (χ1v) is 10.1. The number of benzene rings is 1. The molecule has 1 N–H and O–H groups in total. The molecule has 0 spiro atoms. The number of nitrogens with zero attached hydrogens (tertiary/aromatic N) is 2. The van der Waals surface area contributed by atoms with E-state index in [0.29, 0.717) is 6.61 Å². The Morgan fingerprint density at radius 1 is 1.35 bits per heavy atom. The molecule has 0 bridgehead atoms. The molecule has 0 amide bonds. The smallest absolute Gasteiger partial charge is 0.193 e. The third kappa shape index (κ3) is 7.92. The monoisotopic (exact) mass is 493 g/mol. The van der Waals surface area contributed by atoms with E-state index < -0.39 is 0 Å². The maximum absolute atomic E-state index is 5.75. The molecule has 1 aromatic carbocycles. The molecule has 0 aromatic heterocycles. The molecule has 1 aromatic rings. The molecule has 1 unspecified atom stereocenters. The van der Waals surface area contributed by atoms with Gasteiger partial charge in [-0.25, -0.2) is 0 Å². The van der Waals surface area contributed by atoms with Gasteiger partial charge in [-0.1, -0.05) is 19.1 Å². The van der Waals surface area contributed by atoms with Crippen LogP contribution in [0.2, 0.25) is 0 Å². The third-order valence-corrected chi connectivity index (χ3v) is 5.65. The third-order valence-electron chi connectivity index (χ3n) is 4.28. The summed E-state index contributed by atoms with van der Waals surface area (Å²) in [7, 11) is 3.54. The Morgan fingerprint density at radius 2 is 2.12 bits per heavy atom. The van der Waals surface area contributed by atoms with Crippen LogP contribution in [0.5, 0.6) is 5.75 Å². The second-order valence-corrected chi connectivity index (χ2v) is 7.48. The van der Waals surface area contributed by atoms with Gasteiger partial charge in [0.05, 0.1) is 13.7 Å². The first kappa shape index (κ1) is 23.4. The van der Waals surface area contributed by atoms with Crippen LogP contribution in [-0.4, -0.2) is 62.3 Å². The lowest BCUT2D eigenvalue weighted by Crippen LogP contribution is -2.48. The molecule has 148 valence electrons. The van der Waals surface area contributed by atoms with Crippen molar-refractivity contribution < 1.29 is 9.47 Å². The van der Waals surface area contributed by atoms with E-state index in [-0.39, 0.29) is 24.0 Å². The molecule has 0 saturated carbocycles. The number of guanidine groups is 1. The minimum absolute atomic E-state index is 0. The van der Waals surface area contributed by atoms with Crippen LogP contribution < -0.4 is 10.1 Å². The number of hydrogen-bond donors (Lipinski definition) is 1. The van der Waals surface area contributed by atoms with Crippen molar-refractivity contribution in [2.45, 2.75) is 31.6 Å². The van der Waals surface area contributed by atoms with E-state index in [0.717, 1.165) is 49.6 Å². The number of hydrogen-bond acceptors (Lipinski definition) is 4. The van der Waals surface area contributed by atoms with Gasteiger partial charge >= 0.3 is 0 Å². The summed E-state index contributed by atoms with van der Waals surface area (Å²) in [6.07, 6.45) is 2.19. The molecule has 1 atom stereocenters. The first-order valence-electron chi connectivity index (χ1n) is 9.04. The highest BCUT2D eigenvalue weighted by atomic mass is 127. The van der Waals surface area contributed by atoms with Crippen molar-refractivity contribution in [1.29, 1.82) is 0 Å². The van der Waals surface area contributed by atoms with Gasteiger partial charge in [0.25, 0.3) is 0 Å². The Hall–Kier alpha value is -0.670. The van der Waals surface area contributed by atoms with Crippen molar-refractivity contribution in [3.05, 3.63) is 29.8 Å². The van der Waals surface area contributed by atoms with Crippen molar-refractivity contribution in [1.82, 2.24) is 10.2 Å². The second kappa shape index (κ2) is 13.5. The first-order chi connectivity index (χ1) is 12.3. The van der Waals surface area contributed by atoms with Crippen LogP contribution in [0, 0.1) is 0 Å². The van der Waals surface area contributed by atoms with Crippen molar-refractivity contribution in [3.8, 4) is 5.75 Å². The molecule has 0 radical (unpaired) electrons. The number of aliphatic imine (C=N–C) groups is 1. The molecule has 1 aliphatic heterocycles. The normalized spacial score (nSPS) is 17.6. The van der Waals surface area contributed by atoms with E-state index in [1.807, 2.05) is 31.3 Å². The molecule has 1 fully saturated rings. The highest BCUT2D eigenvalue weighted by Gasteiger charge is 2.21. The van der Waals surface area contributed by atoms with E-state index in [4.69, 9.17) is 9.47 Å². The van der Waals surface area contributed by atoms with Crippen LogP contribution in [0.25, 0.3) is 0 Å². The largest absolute Gasteiger partial charge is 0.497 e. The number of nitrogens with one attached hydrogen (secondary N) is 1. The quantitative estimate of drug-likeness (QED) is 0.260. The molecule has 0 aliphatic carbocycles. The predicted octanol–water partition coefficient (Wildman–Crippen LogP) is 3.62. The number of thioether (sulfide) groups is 1. The second-order valence-electron chi connectivity index (χ2n) is 6.08. The zero-order valence-electron chi connectivity index (χ0n) is 16.1. The van der Waals surface area contributed by atoms with Gasteiger partial charge in [0.2, 0.25) is 0 Å². The predicted molar refractivity (Wildman–Crippen MR) is 122 cm³/mol. The Kier molecular flexibility index (Phi) is 12.1. The summed E-state index contributed by atoms with van der Waals surface area (Å²) in [5.74, 6) is 3.08. The lowest BCUT2D eigenvalue weighted by Gasteiger charge is -2.34. The fourth-order valence-corrected chi connectivity index (χ4v) is 3.96. The zero-order valence-corrected chi connectivity index (χ0v) is 19.2. The molecule has 1 saturated heterocycles. The highest BCUT2D eigenvalue weighted by molar-refractivity contribution is 14.0. The SMILES string of the molecule is CCC1CN(C(=NC)NCCCOCc2ccc(OC)cc2)CCS1.I. The summed E-state index contributed by atoms with van der Waals surface area (Å²) in [5, 5.41) is 4.19. The standard InChI is InChI=1S/C19H31N3O2S.HI/c1-4-18-14-22(11-13-25-18)19(20-2)21-10-5-12-24-15-16-6-8-17(23-3)9-7-16;/h6-9,18H,4-5,10-15H2,1-3H3,(H,20,21);1H. The maximum atomic E-state index is 5.75. The summed E-state index contributed by atoms with van der Waals surface area (Å²) >= 11 is 2.08.